The lowest BCUT2D eigenvalue weighted by atomic mass is 9.78. The normalized spacial score (nSPS) is 28.8. The van der Waals surface area contributed by atoms with Gasteiger partial charge in [-0.05, 0) is 63.1 Å². The summed E-state index contributed by atoms with van der Waals surface area (Å²) in [4.78, 5) is 4.02. The summed E-state index contributed by atoms with van der Waals surface area (Å²) in [5.74, 6) is 1.69. The highest BCUT2D eigenvalue weighted by molar-refractivity contribution is 7.10. The standard InChI is InChI=1S/C17H30N2S/c1-5-18-16-9-8-13(2)11-15(16)12-19(4)14(3)17-7-6-10-20-17/h6-7,10,13-16,18H,5,8-9,11-12H2,1-4H3. The largest absolute Gasteiger partial charge is 0.314 e. The summed E-state index contributed by atoms with van der Waals surface area (Å²) in [7, 11) is 2.28. The van der Waals surface area contributed by atoms with Crippen molar-refractivity contribution in [3.05, 3.63) is 22.4 Å². The maximum atomic E-state index is 3.71. The van der Waals surface area contributed by atoms with Gasteiger partial charge in [0.05, 0.1) is 0 Å². The fourth-order valence-corrected chi connectivity index (χ4v) is 4.35. The Balaban J connectivity index is 1.94. The first-order valence-electron chi connectivity index (χ1n) is 8.08. The molecule has 0 spiro atoms. The lowest BCUT2D eigenvalue weighted by Crippen LogP contribution is -2.45. The van der Waals surface area contributed by atoms with Gasteiger partial charge >= 0.3 is 0 Å². The van der Waals surface area contributed by atoms with Crippen LogP contribution in [-0.4, -0.2) is 31.1 Å². The first kappa shape index (κ1) is 16.0. The van der Waals surface area contributed by atoms with Gasteiger partial charge in [-0.15, -0.1) is 11.3 Å². The summed E-state index contributed by atoms with van der Waals surface area (Å²) in [6.07, 6.45) is 4.11. The average molecular weight is 295 g/mol. The van der Waals surface area contributed by atoms with E-state index in [0.717, 1.165) is 18.4 Å². The Morgan fingerprint density at radius 1 is 1.45 bits per heavy atom. The lowest BCUT2D eigenvalue weighted by molar-refractivity contribution is 0.141. The molecule has 114 valence electrons. The molecule has 1 saturated carbocycles. The molecular weight excluding hydrogens is 264 g/mol. The Bertz CT molecular complexity index is 376. The molecule has 1 N–H and O–H groups in total. The van der Waals surface area contributed by atoms with Crippen LogP contribution in [0.25, 0.3) is 0 Å². The molecule has 20 heavy (non-hydrogen) atoms. The van der Waals surface area contributed by atoms with E-state index in [9.17, 15) is 0 Å². The molecule has 2 rings (SSSR count). The van der Waals surface area contributed by atoms with E-state index in [0.29, 0.717) is 12.1 Å². The summed E-state index contributed by atoms with van der Waals surface area (Å²) >= 11 is 1.88. The van der Waals surface area contributed by atoms with Gasteiger partial charge in [0.2, 0.25) is 0 Å². The van der Waals surface area contributed by atoms with Crippen molar-refractivity contribution < 1.29 is 0 Å². The topological polar surface area (TPSA) is 15.3 Å². The van der Waals surface area contributed by atoms with Crippen LogP contribution in [0.15, 0.2) is 17.5 Å². The number of hydrogen-bond donors (Lipinski definition) is 1. The van der Waals surface area contributed by atoms with Crippen molar-refractivity contribution in [1.29, 1.82) is 0 Å². The van der Waals surface area contributed by atoms with Crippen LogP contribution in [0.2, 0.25) is 0 Å². The summed E-state index contributed by atoms with van der Waals surface area (Å²) in [6, 6.07) is 5.68. The van der Waals surface area contributed by atoms with Crippen molar-refractivity contribution >= 4 is 11.3 Å². The van der Waals surface area contributed by atoms with Crippen molar-refractivity contribution in [3.63, 3.8) is 0 Å². The molecule has 1 aromatic rings. The van der Waals surface area contributed by atoms with Gasteiger partial charge in [-0.3, -0.25) is 4.90 Å². The van der Waals surface area contributed by atoms with Crippen LogP contribution in [0.3, 0.4) is 0 Å². The van der Waals surface area contributed by atoms with Gasteiger partial charge in [-0.1, -0.05) is 19.9 Å². The first-order chi connectivity index (χ1) is 9.61. The fraction of sp³-hybridized carbons (Fsp3) is 0.765. The number of nitrogens with one attached hydrogen (secondary N) is 1. The van der Waals surface area contributed by atoms with Gasteiger partial charge in [-0.2, -0.15) is 0 Å². The third-order valence-electron chi connectivity index (χ3n) is 4.85. The van der Waals surface area contributed by atoms with Crippen molar-refractivity contribution in [3.8, 4) is 0 Å². The first-order valence-corrected chi connectivity index (χ1v) is 8.96. The summed E-state index contributed by atoms with van der Waals surface area (Å²) in [5, 5.41) is 5.89. The zero-order valence-corrected chi connectivity index (χ0v) is 14.2. The second-order valence-corrected chi connectivity index (χ2v) is 7.45. The van der Waals surface area contributed by atoms with Crippen LogP contribution in [-0.2, 0) is 0 Å². The minimum absolute atomic E-state index is 0.537. The third-order valence-corrected chi connectivity index (χ3v) is 5.89. The van der Waals surface area contributed by atoms with E-state index in [4.69, 9.17) is 0 Å². The monoisotopic (exact) mass is 294 g/mol. The highest BCUT2D eigenvalue weighted by atomic mass is 32.1. The molecule has 4 unspecified atom stereocenters. The van der Waals surface area contributed by atoms with Crippen LogP contribution < -0.4 is 5.32 Å². The zero-order chi connectivity index (χ0) is 14.5. The molecule has 1 fully saturated rings. The minimum atomic E-state index is 0.537. The molecule has 0 aliphatic heterocycles. The smallest absolute Gasteiger partial charge is 0.0410 e. The van der Waals surface area contributed by atoms with E-state index >= 15 is 0 Å². The molecule has 1 aliphatic carbocycles. The number of nitrogens with zero attached hydrogens (tertiary/aromatic N) is 1. The van der Waals surface area contributed by atoms with Crippen LogP contribution in [0.4, 0.5) is 0 Å². The molecule has 0 bridgehead atoms. The molecule has 1 aromatic heterocycles. The minimum Gasteiger partial charge on any atom is -0.314 e. The van der Waals surface area contributed by atoms with E-state index in [-0.39, 0.29) is 0 Å². The molecule has 0 amide bonds. The number of thiophene rings is 1. The molecule has 0 radical (unpaired) electrons. The van der Waals surface area contributed by atoms with E-state index in [1.165, 1.54) is 30.7 Å². The average Bonchev–Trinajstić information content (AvgIpc) is 2.95. The lowest BCUT2D eigenvalue weighted by Gasteiger charge is -2.39. The molecule has 2 nitrogen and oxygen atoms in total. The van der Waals surface area contributed by atoms with Crippen molar-refractivity contribution in [1.82, 2.24) is 10.2 Å². The Kier molecular flexibility index (Phi) is 6.06. The zero-order valence-electron chi connectivity index (χ0n) is 13.4. The Labute approximate surface area is 128 Å². The van der Waals surface area contributed by atoms with Gasteiger partial charge in [0.1, 0.15) is 0 Å². The highest BCUT2D eigenvalue weighted by Crippen LogP contribution is 2.32. The third kappa shape index (κ3) is 4.06. The van der Waals surface area contributed by atoms with Gasteiger partial charge in [0.25, 0.3) is 0 Å². The quantitative estimate of drug-likeness (QED) is 0.847. The van der Waals surface area contributed by atoms with Crippen molar-refractivity contribution in [2.75, 3.05) is 20.1 Å². The van der Waals surface area contributed by atoms with Crippen LogP contribution in [0, 0.1) is 11.8 Å². The Hall–Kier alpha value is -0.380. The van der Waals surface area contributed by atoms with Gasteiger partial charge in [0.15, 0.2) is 0 Å². The molecular formula is C17H30N2S. The van der Waals surface area contributed by atoms with Gasteiger partial charge in [-0.25, -0.2) is 0 Å². The summed E-state index contributed by atoms with van der Waals surface area (Å²) in [5.41, 5.74) is 0. The maximum Gasteiger partial charge on any atom is 0.0410 e. The summed E-state index contributed by atoms with van der Waals surface area (Å²) in [6.45, 7) is 9.28. The number of rotatable bonds is 6. The van der Waals surface area contributed by atoms with Gasteiger partial charge in [0, 0.05) is 23.5 Å². The second-order valence-electron chi connectivity index (χ2n) is 6.47. The van der Waals surface area contributed by atoms with Crippen molar-refractivity contribution in [2.24, 2.45) is 11.8 Å². The van der Waals surface area contributed by atoms with E-state index < -0.39 is 0 Å². The Morgan fingerprint density at radius 3 is 2.90 bits per heavy atom. The summed E-state index contributed by atoms with van der Waals surface area (Å²) < 4.78 is 0. The van der Waals surface area contributed by atoms with E-state index in [1.54, 1.807) is 0 Å². The van der Waals surface area contributed by atoms with Crippen molar-refractivity contribution in [2.45, 2.75) is 52.1 Å². The molecule has 1 heterocycles. The maximum absolute atomic E-state index is 3.71. The van der Waals surface area contributed by atoms with Crippen LogP contribution in [0.1, 0.15) is 51.0 Å². The van der Waals surface area contributed by atoms with Crippen LogP contribution in [0.5, 0.6) is 0 Å². The van der Waals surface area contributed by atoms with E-state index in [1.807, 2.05) is 11.3 Å². The SMILES string of the molecule is CCNC1CCC(C)CC1CN(C)C(C)c1cccs1. The second kappa shape index (κ2) is 7.58. The van der Waals surface area contributed by atoms with Gasteiger partial charge < -0.3 is 5.32 Å². The predicted octanol–water partition coefficient (Wildman–Crippen LogP) is 4.16. The predicted molar refractivity (Wildman–Crippen MR) is 89.3 cm³/mol. The fourth-order valence-electron chi connectivity index (χ4n) is 3.51. The van der Waals surface area contributed by atoms with Crippen LogP contribution >= 0.6 is 11.3 Å². The molecule has 0 saturated heterocycles. The molecule has 3 heteroatoms. The molecule has 1 aliphatic rings. The number of hydrogen-bond acceptors (Lipinski definition) is 3. The Morgan fingerprint density at radius 2 is 2.25 bits per heavy atom. The molecule has 0 aromatic carbocycles. The van der Waals surface area contributed by atoms with E-state index in [2.05, 4.69) is 55.5 Å². The molecule has 4 atom stereocenters. The highest BCUT2D eigenvalue weighted by Gasteiger charge is 2.29.